The summed E-state index contributed by atoms with van der Waals surface area (Å²) in [5, 5.41) is 9.75. The number of benzene rings is 2. The van der Waals surface area contributed by atoms with E-state index in [2.05, 4.69) is 21.0 Å². The van der Waals surface area contributed by atoms with Crippen molar-refractivity contribution in [3.8, 4) is 11.4 Å². The van der Waals surface area contributed by atoms with Crippen molar-refractivity contribution in [1.29, 1.82) is 0 Å². The molecule has 2 N–H and O–H groups in total. The van der Waals surface area contributed by atoms with Crippen LogP contribution in [0.4, 0.5) is 0 Å². The highest BCUT2D eigenvalue weighted by atomic mass is 35.5. The maximum atomic E-state index is 12.0. The third-order valence-corrected chi connectivity index (χ3v) is 5.31. The Bertz CT molecular complexity index is 1010. The minimum Gasteiger partial charge on any atom is -0.305 e. The number of nitrogens with one attached hydrogen (secondary N) is 2. The van der Waals surface area contributed by atoms with Crippen LogP contribution in [0, 0.1) is 0 Å². The van der Waals surface area contributed by atoms with Crippen molar-refractivity contribution >= 4 is 46.8 Å². The van der Waals surface area contributed by atoms with Gasteiger partial charge in [0.05, 0.1) is 16.3 Å². The van der Waals surface area contributed by atoms with E-state index in [0.29, 0.717) is 21.0 Å². The molecular weight excluding hydrogens is 421 g/mol. The van der Waals surface area contributed by atoms with Crippen LogP contribution in [0.2, 0.25) is 10.0 Å². The second-order valence-corrected chi connectivity index (χ2v) is 7.43. The Morgan fingerprint density at radius 3 is 2.46 bits per heavy atom. The number of carbonyl (C=O) groups is 2. The molecule has 0 bridgehead atoms. The Morgan fingerprint density at radius 1 is 1.04 bits per heavy atom. The number of thioether (sulfide) groups is 1. The zero-order valence-electron chi connectivity index (χ0n) is 14.6. The predicted molar refractivity (Wildman–Crippen MR) is 109 cm³/mol. The summed E-state index contributed by atoms with van der Waals surface area (Å²) < 4.78 is 1.78. The molecule has 0 aliphatic carbocycles. The molecule has 144 valence electrons. The number of hydrazine groups is 1. The molecule has 0 atom stereocenters. The molecule has 0 aliphatic rings. The van der Waals surface area contributed by atoms with Crippen molar-refractivity contribution in [2.45, 2.75) is 5.16 Å². The van der Waals surface area contributed by atoms with Crippen LogP contribution in [0.3, 0.4) is 0 Å². The van der Waals surface area contributed by atoms with E-state index in [1.165, 1.54) is 11.8 Å². The summed E-state index contributed by atoms with van der Waals surface area (Å²) in [4.78, 5) is 24.0. The van der Waals surface area contributed by atoms with Crippen molar-refractivity contribution in [2.24, 2.45) is 7.05 Å². The van der Waals surface area contributed by atoms with Gasteiger partial charge in [0.2, 0.25) is 5.91 Å². The molecule has 1 heterocycles. The molecule has 2 aromatic carbocycles. The van der Waals surface area contributed by atoms with Crippen molar-refractivity contribution in [3.63, 3.8) is 0 Å². The zero-order chi connectivity index (χ0) is 20.1. The Balaban J connectivity index is 1.54. The number of halogens is 2. The van der Waals surface area contributed by atoms with Gasteiger partial charge in [0.15, 0.2) is 11.0 Å². The molecule has 1 aromatic heterocycles. The molecule has 0 radical (unpaired) electrons. The van der Waals surface area contributed by atoms with Gasteiger partial charge in [-0.2, -0.15) is 0 Å². The van der Waals surface area contributed by atoms with Gasteiger partial charge in [-0.3, -0.25) is 20.4 Å². The highest BCUT2D eigenvalue weighted by Crippen LogP contribution is 2.23. The van der Waals surface area contributed by atoms with Gasteiger partial charge in [0.1, 0.15) is 0 Å². The monoisotopic (exact) mass is 435 g/mol. The summed E-state index contributed by atoms with van der Waals surface area (Å²) in [6, 6.07) is 13.8. The smallest absolute Gasteiger partial charge is 0.271 e. The number of amides is 2. The average molecular weight is 436 g/mol. The maximum absolute atomic E-state index is 12.0. The van der Waals surface area contributed by atoms with Crippen LogP contribution in [0.15, 0.2) is 53.7 Å². The molecule has 2 amide bonds. The van der Waals surface area contributed by atoms with E-state index in [4.69, 9.17) is 23.2 Å². The molecule has 0 unspecified atom stereocenters. The molecule has 7 nitrogen and oxygen atoms in total. The topological polar surface area (TPSA) is 88.9 Å². The minimum absolute atomic E-state index is 0.0510. The lowest BCUT2D eigenvalue weighted by atomic mass is 10.2. The van der Waals surface area contributed by atoms with E-state index >= 15 is 0 Å². The van der Waals surface area contributed by atoms with Gasteiger partial charge in [0.25, 0.3) is 5.91 Å². The average Bonchev–Trinajstić information content (AvgIpc) is 3.06. The second kappa shape index (κ2) is 9.09. The fourth-order valence-electron chi connectivity index (χ4n) is 2.30. The van der Waals surface area contributed by atoms with Crippen LogP contribution in [0.1, 0.15) is 10.4 Å². The van der Waals surface area contributed by atoms with Crippen LogP contribution in [0.25, 0.3) is 11.4 Å². The minimum atomic E-state index is -0.493. The first-order valence-corrected chi connectivity index (χ1v) is 9.81. The van der Waals surface area contributed by atoms with Crippen LogP contribution >= 0.6 is 35.0 Å². The molecule has 0 fully saturated rings. The second-order valence-electron chi connectivity index (χ2n) is 5.64. The molecule has 0 aliphatic heterocycles. The van der Waals surface area contributed by atoms with Gasteiger partial charge in [-0.1, -0.05) is 47.1 Å². The van der Waals surface area contributed by atoms with Gasteiger partial charge in [-0.15, -0.1) is 10.2 Å². The molecule has 28 heavy (non-hydrogen) atoms. The largest absolute Gasteiger partial charge is 0.305 e. The Hall–Kier alpha value is -2.55. The van der Waals surface area contributed by atoms with E-state index < -0.39 is 5.91 Å². The quantitative estimate of drug-likeness (QED) is 0.473. The van der Waals surface area contributed by atoms with Crippen molar-refractivity contribution in [2.75, 3.05) is 5.75 Å². The standard InChI is InChI=1S/C18H15Cl2N5O2S/c1-25-16(11-6-8-12(19)9-7-11)22-24-18(25)28-10-15(26)21-23-17(27)13-4-2-3-5-14(13)20/h2-9H,10H2,1H3,(H,21,26)(H,23,27). The lowest BCUT2D eigenvalue weighted by molar-refractivity contribution is -0.119. The molecule has 0 saturated heterocycles. The Labute approximate surface area is 175 Å². The summed E-state index contributed by atoms with van der Waals surface area (Å²) in [6.45, 7) is 0. The van der Waals surface area contributed by atoms with E-state index in [0.717, 1.165) is 5.56 Å². The number of nitrogens with zero attached hydrogens (tertiary/aromatic N) is 3. The number of hydrogen-bond donors (Lipinski definition) is 2. The molecule has 10 heteroatoms. The Morgan fingerprint density at radius 2 is 1.75 bits per heavy atom. The third kappa shape index (κ3) is 4.83. The van der Waals surface area contributed by atoms with E-state index in [-0.39, 0.29) is 17.2 Å². The summed E-state index contributed by atoms with van der Waals surface area (Å²) >= 11 is 13.0. The van der Waals surface area contributed by atoms with Crippen LogP contribution in [-0.4, -0.2) is 32.3 Å². The fraction of sp³-hybridized carbons (Fsp3) is 0.111. The zero-order valence-corrected chi connectivity index (χ0v) is 17.0. The van der Waals surface area contributed by atoms with E-state index in [1.54, 1.807) is 41.0 Å². The fourth-order valence-corrected chi connectivity index (χ4v) is 3.35. The van der Waals surface area contributed by atoms with Crippen molar-refractivity contribution in [1.82, 2.24) is 25.6 Å². The van der Waals surface area contributed by atoms with Crippen molar-refractivity contribution < 1.29 is 9.59 Å². The normalized spacial score (nSPS) is 10.5. The van der Waals surface area contributed by atoms with Crippen LogP contribution in [-0.2, 0) is 11.8 Å². The molecule has 0 saturated carbocycles. The lowest BCUT2D eigenvalue weighted by Gasteiger charge is -2.08. The number of aromatic nitrogens is 3. The highest BCUT2D eigenvalue weighted by molar-refractivity contribution is 7.99. The van der Waals surface area contributed by atoms with Crippen LogP contribution in [0.5, 0.6) is 0 Å². The molecule has 0 spiro atoms. The molecular formula is C18H15Cl2N5O2S. The van der Waals surface area contributed by atoms with Gasteiger partial charge < -0.3 is 4.57 Å². The maximum Gasteiger partial charge on any atom is 0.271 e. The molecule has 3 rings (SSSR count). The predicted octanol–water partition coefficient (Wildman–Crippen LogP) is 3.34. The van der Waals surface area contributed by atoms with Gasteiger partial charge in [-0.25, -0.2) is 0 Å². The first-order chi connectivity index (χ1) is 13.5. The number of rotatable bonds is 5. The first kappa shape index (κ1) is 20.2. The van der Waals surface area contributed by atoms with Crippen LogP contribution < -0.4 is 10.9 Å². The highest BCUT2D eigenvalue weighted by Gasteiger charge is 2.14. The Kier molecular flexibility index (Phi) is 6.56. The summed E-state index contributed by atoms with van der Waals surface area (Å²) in [5.41, 5.74) is 5.83. The van der Waals surface area contributed by atoms with Gasteiger partial charge >= 0.3 is 0 Å². The summed E-state index contributed by atoms with van der Waals surface area (Å²) in [7, 11) is 1.81. The molecule has 3 aromatic rings. The lowest BCUT2D eigenvalue weighted by Crippen LogP contribution is -2.42. The third-order valence-electron chi connectivity index (χ3n) is 3.70. The summed E-state index contributed by atoms with van der Waals surface area (Å²) in [5.74, 6) is -0.171. The summed E-state index contributed by atoms with van der Waals surface area (Å²) in [6.07, 6.45) is 0. The SMILES string of the molecule is Cn1c(SCC(=O)NNC(=O)c2ccccc2Cl)nnc1-c1ccc(Cl)cc1. The van der Waals surface area contributed by atoms with E-state index in [1.807, 2.05) is 19.2 Å². The van der Waals surface area contributed by atoms with Gasteiger partial charge in [0, 0.05) is 17.6 Å². The van der Waals surface area contributed by atoms with Crippen molar-refractivity contribution in [3.05, 3.63) is 64.1 Å². The number of carbonyl (C=O) groups excluding carboxylic acids is 2. The first-order valence-electron chi connectivity index (χ1n) is 8.07. The van der Waals surface area contributed by atoms with Gasteiger partial charge in [-0.05, 0) is 36.4 Å². The number of hydrogen-bond acceptors (Lipinski definition) is 5. The van der Waals surface area contributed by atoms with E-state index in [9.17, 15) is 9.59 Å².